The number of hydrogen-bond acceptors (Lipinski definition) is 3. The molecule has 0 atom stereocenters. The molecular formula is C39H24N2OS. The summed E-state index contributed by atoms with van der Waals surface area (Å²) >= 11 is 1.82. The first kappa shape index (κ1) is 24.2. The lowest BCUT2D eigenvalue weighted by molar-refractivity contribution is 0.665. The third kappa shape index (κ3) is 3.40. The summed E-state index contributed by atoms with van der Waals surface area (Å²) in [5.41, 5.74) is 9.82. The van der Waals surface area contributed by atoms with Gasteiger partial charge in [-0.15, -0.1) is 11.3 Å². The van der Waals surface area contributed by atoms with Crippen molar-refractivity contribution >= 4 is 75.3 Å². The second kappa shape index (κ2) is 8.82. The van der Waals surface area contributed by atoms with Crippen LogP contribution in [0.3, 0.4) is 0 Å². The zero-order valence-corrected chi connectivity index (χ0v) is 24.4. The average molecular weight is 569 g/mol. The topological polar surface area (TPSA) is 41.9 Å². The predicted molar refractivity (Wildman–Crippen MR) is 181 cm³/mol. The van der Waals surface area contributed by atoms with Crippen LogP contribution in [0.25, 0.3) is 80.7 Å². The molecule has 0 unspecified atom stereocenters. The van der Waals surface area contributed by atoms with Crippen molar-refractivity contribution in [3.8, 4) is 22.9 Å². The Balaban J connectivity index is 1.37. The molecule has 0 radical (unpaired) electrons. The second-order valence-corrected chi connectivity index (χ2v) is 12.5. The third-order valence-electron chi connectivity index (χ3n) is 8.75. The van der Waals surface area contributed by atoms with E-state index >= 15 is 0 Å². The molecular weight excluding hydrogens is 545 g/mol. The van der Waals surface area contributed by atoms with Crippen LogP contribution in [0.4, 0.5) is 0 Å². The van der Waals surface area contributed by atoms with Crippen molar-refractivity contribution in [1.82, 2.24) is 4.57 Å². The quantitative estimate of drug-likeness (QED) is 0.208. The highest BCUT2D eigenvalue weighted by Gasteiger charge is 2.21. The first-order valence-electron chi connectivity index (χ1n) is 14.4. The third-order valence-corrected chi connectivity index (χ3v) is 9.90. The number of nitriles is 1. The summed E-state index contributed by atoms with van der Waals surface area (Å²) in [5.74, 6) is 0. The number of thiophene rings is 1. The van der Waals surface area contributed by atoms with Crippen LogP contribution in [0.5, 0.6) is 0 Å². The van der Waals surface area contributed by atoms with Crippen LogP contribution in [0, 0.1) is 25.2 Å². The van der Waals surface area contributed by atoms with Crippen molar-refractivity contribution in [2.24, 2.45) is 0 Å². The molecule has 0 aliphatic carbocycles. The summed E-state index contributed by atoms with van der Waals surface area (Å²) in [6.45, 7) is 4.28. The fraction of sp³-hybridized carbons (Fsp3) is 0.0513. The van der Waals surface area contributed by atoms with Gasteiger partial charge in [0.05, 0.1) is 22.3 Å². The van der Waals surface area contributed by atoms with Gasteiger partial charge in [-0.05, 0) is 79.6 Å². The van der Waals surface area contributed by atoms with Gasteiger partial charge in [0, 0.05) is 41.7 Å². The number of furan rings is 1. The summed E-state index contributed by atoms with van der Waals surface area (Å²) in [6, 6.07) is 41.2. The van der Waals surface area contributed by atoms with Gasteiger partial charge in [0.2, 0.25) is 0 Å². The lowest BCUT2D eigenvalue weighted by atomic mass is 9.96. The molecule has 43 heavy (non-hydrogen) atoms. The van der Waals surface area contributed by atoms with Gasteiger partial charge in [0.25, 0.3) is 0 Å². The van der Waals surface area contributed by atoms with Crippen LogP contribution < -0.4 is 0 Å². The Morgan fingerprint density at radius 2 is 1.35 bits per heavy atom. The molecule has 9 rings (SSSR count). The van der Waals surface area contributed by atoms with Gasteiger partial charge < -0.3 is 8.98 Å². The van der Waals surface area contributed by atoms with E-state index in [2.05, 4.69) is 128 Å². The van der Waals surface area contributed by atoms with Crippen LogP contribution in [0.2, 0.25) is 0 Å². The minimum absolute atomic E-state index is 0.538. The van der Waals surface area contributed by atoms with E-state index in [9.17, 15) is 5.26 Å². The lowest BCUT2D eigenvalue weighted by Crippen LogP contribution is -1.94. The molecule has 0 bridgehead atoms. The average Bonchev–Trinajstić information content (AvgIpc) is 3.70. The summed E-state index contributed by atoms with van der Waals surface area (Å²) < 4.78 is 11.6. The zero-order chi connectivity index (χ0) is 28.8. The van der Waals surface area contributed by atoms with E-state index in [4.69, 9.17) is 4.42 Å². The first-order valence-corrected chi connectivity index (χ1v) is 15.2. The molecule has 0 fully saturated rings. The van der Waals surface area contributed by atoms with Gasteiger partial charge in [-0.25, -0.2) is 0 Å². The van der Waals surface area contributed by atoms with Crippen LogP contribution in [0.15, 0.2) is 114 Å². The van der Waals surface area contributed by atoms with Crippen LogP contribution in [-0.2, 0) is 0 Å². The normalized spacial score (nSPS) is 11.9. The minimum Gasteiger partial charge on any atom is -0.452 e. The Kier molecular flexibility index (Phi) is 4.97. The number of aromatic nitrogens is 1. The van der Waals surface area contributed by atoms with Crippen molar-refractivity contribution in [1.29, 1.82) is 5.26 Å². The summed E-state index contributed by atoms with van der Waals surface area (Å²) in [7, 11) is 0. The van der Waals surface area contributed by atoms with E-state index in [1.807, 2.05) is 17.4 Å². The highest BCUT2D eigenvalue weighted by atomic mass is 32.1. The molecule has 3 heterocycles. The minimum atomic E-state index is 0.538. The molecule has 6 aromatic carbocycles. The molecule has 0 N–H and O–H groups in total. The van der Waals surface area contributed by atoms with Crippen molar-refractivity contribution in [2.75, 3.05) is 0 Å². The van der Waals surface area contributed by atoms with Gasteiger partial charge in [0.1, 0.15) is 6.07 Å². The Morgan fingerprint density at radius 1 is 0.628 bits per heavy atom. The van der Waals surface area contributed by atoms with Crippen molar-refractivity contribution in [2.45, 2.75) is 13.8 Å². The lowest BCUT2D eigenvalue weighted by Gasteiger charge is -2.09. The van der Waals surface area contributed by atoms with Gasteiger partial charge in [-0.2, -0.15) is 5.26 Å². The Morgan fingerprint density at radius 3 is 2.12 bits per heavy atom. The Labute approximate surface area is 251 Å². The standard InChI is InChI=1S/C39H24N2OS/c1-22-10-15-32-29(18-22)30-19-23(2)11-16-33(30)41(32)34-8-5-7-28-37-26(14-12-25(21-40)38(37)42-39(28)34)24-13-17-36-31(20-24)27-6-3-4-9-35(27)43-36/h3-20H,1-2H3. The fourth-order valence-electron chi connectivity index (χ4n) is 6.80. The van der Waals surface area contributed by atoms with Gasteiger partial charge >= 0.3 is 0 Å². The van der Waals surface area contributed by atoms with E-state index < -0.39 is 0 Å². The molecule has 0 aliphatic rings. The summed E-state index contributed by atoms with van der Waals surface area (Å²) in [6.07, 6.45) is 0. The highest BCUT2D eigenvalue weighted by molar-refractivity contribution is 7.25. The number of benzene rings is 6. The largest absolute Gasteiger partial charge is 0.452 e. The molecule has 0 saturated heterocycles. The maximum absolute atomic E-state index is 10.1. The summed E-state index contributed by atoms with van der Waals surface area (Å²) in [4.78, 5) is 0. The number of nitrogens with zero attached hydrogens (tertiary/aromatic N) is 2. The molecule has 3 nitrogen and oxygen atoms in total. The maximum Gasteiger partial charge on any atom is 0.159 e. The van der Waals surface area contributed by atoms with Crippen molar-refractivity contribution in [3.63, 3.8) is 0 Å². The van der Waals surface area contributed by atoms with E-state index in [-0.39, 0.29) is 0 Å². The van der Waals surface area contributed by atoms with E-state index in [1.165, 1.54) is 42.1 Å². The second-order valence-electron chi connectivity index (χ2n) is 11.4. The summed E-state index contributed by atoms with van der Waals surface area (Å²) in [5, 5.41) is 17.1. The molecule has 202 valence electrons. The van der Waals surface area contributed by atoms with Crippen LogP contribution >= 0.6 is 11.3 Å². The Hall–Kier alpha value is -5.37. The van der Waals surface area contributed by atoms with Crippen LogP contribution in [0.1, 0.15) is 16.7 Å². The number of hydrogen-bond donors (Lipinski definition) is 0. The number of fused-ring (bicyclic) bond motifs is 9. The molecule has 0 aliphatic heterocycles. The number of rotatable bonds is 2. The number of aryl methyl sites for hydroxylation is 2. The van der Waals surface area contributed by atoms with Crippen molar-refractivity contribution in [3.05, 3.63) is 126 Å². The highest BCUT2D eigenvalue weighted by Crippen LogP contribution is 2.44. The van der Waals surface area contributed by atoms with Crippen molar-refractivity contribution < 1.29 is 4.42 Å². The van der Waals surface area contributed by atoms with Gasteiger partial charge in [-0.3, -0.25) is 0 Å². The van der Waals surface area contributed by atoms with Gasteiger partial charge in [0.15, 0.2) is 11.2 Å². The van der Waals surface area contributed by atoms with Gasteiger partial charge in [-0.1, -0.05) is 65.7 Å². The molecule has 4 heteroatoms. The molecule has 3 aromatic heterocycles. The first-order chi connectivity index (χ1) is 21.1. The Bertz CT molecular complexity index is 2600. The smallest absolute Gasteiger partial charge is 0.159 e. The molecule has 0 saturated carbocycles. The predicted octanol–water partition coefficient (Wildman–Crippen LogP) is 11.2. The molecule has 9 aromatic rings. The molecule has 0 amide bonds. The maximum atomic E-state index is 10.1. The van der Waals surface area contributed by atoms with E-state index in [0.717, 1.165) is 44.2 Å². The monoisotopic (exact) mass is 568 g/mol. The molecule has 0 spiro atoms. The zero-order valence-electron chi connectivity index (χ0n) is 23.6. The van der Waals surface area contributed by atoms with E-state index in [1.54, 1.807) is 0 Å². The number of para-hydroxylation sites is 1. The SMILES string of the molecule is Cc1ccc2c(c1)c1cc(C)ccc1n2-c1cccc2c1oc1c(C#N)ccc(-c3ccc4sc5ccccc5c4c3)c12. The van der Waals surface area contributed by atoms with Crippen LogP contribution in [-0.4, -0.2) is 4.57 Å². The fourth-order valence-corrected chi connectivity index (χ4v) is 7.88. The van der Waals surface area contributed by atoms with E-state index in [0.29, 0.717) is 11.1 Å².